The van der Waals surface area contributed by atoms with Crippen LogP contribution >= 0.6 is 0 Å². The number of carbonyl (C=O) groups is 1. The lowest BCUT2D eigenvalue weighted by Gasteiger charge is -2.01. The van der Waals surface area contributed by atoms with Gasteiger partial charge in [-0.1, -0.05) is 17.2 Å². The quantitative estimate of drug-likeness (QED) is 0.637. The van der Waals surface area contributed by atoms with E-state index in [0.29, 0.717) is 0 Å². The van der Waals surface area contributed by atoms with E-state index < -0.39 is 0 Å². The molecule has 1 aliphatic carbocycles. The van der Waals surface area contributed by atoms with Gasteiger partial charge in [-0.25, -0.2) is 0 Å². The lowest BCUT2D eigenvalue weighted by atomic mass is 10.2. The van der Waals surface area contributed by atoms with E-state index in [1.807, 2.05) is 32.9 Å². The van der Waals surface area contributed by atoms with Crippen LogP contribution in [0.2, 0.25) is 0 Å². The molecule has 0 atom stereocenters. The molecule has 0 aromatic rings. The van der Waals surface area contributed by atoms with E-state index in [1.165, 1.54) is 18.1 Å². The third-order valence-corrected chi connectivity index (χ3v) is 1.37. The van der Waals surface area contributed by atoms with Gasteiger partial charge in [-0.3, -0.25) is 4.79 Å². The first-order valence-corrected chi connectivity index (χ1v) is 4.68. The second-order valence-corrected chi connectivity index (χ2v) is 3.77. The molecule has 0 saturated heterocycles. The monoisotopic (exact) mass is 193 g/mol. The van der Waals surface area contributed by atoms with Crippen molar-refractivity contribution in [3.63, 3.8) is 0 Å². The number of rotatable bonds is 1. The van der Waals surface area contributed by atoms with Gasteiger partial charge in [0.25, 0.3) is 0 Å². The fourth-order valence-electron chi connectivity index (χ4n) is 0.973. The fourth-order valence-corrected chi connectivity index (χ4v) is 0.973. The van der Waals surface area contributed by atoms with E-state index in [2.05, 4.69) is 11.9 Å². The molecule has 0 aromatic carbocycles. The van der Waals surface area contributed by atoms with Crippen molar-refractivity contribution in [1.29, 1.82) is 0 Å². The Morgan fingerprint density at radius 1 is 1.36 bits per heavy atom. The Morgan fingerprint density at radius 3 is 2.14 bits per heavy atom. The molecule has 0 radical (unpaired) electrons. The van der Waals surface area contributed by atoms with Gasteiger partial charge in [0.1, 0.15) is 0 Å². The van der Waals surface area contributed by atoms with Crippen LogP contribution in [0.4, 0.5) is 0 Å². The predicted octanol–water partition coefficient (Wildman–Crippen LogP) is 2.94. The fraction of sp³-hybridized carbons (Fsp3) is 0.417. The standard InChI is InChI=1S/C8H11NO.C4H8/c1-6-3-4-8(5-6)9-7(2)10;1-4(2)3/h3-4H,5H2,1-2H3,(H,9,10);1H2,2-3H3. The van der Waals surface area contributed by atoms with Gasteiger partial charge in [-0.05, 0) is 26.8 Å². The van der Waals surface area contributed by atoms with Crippen LogP contribution in [0.1, 0.15) is 34.1 Å². The summed E-state index contributed by atoms with van der Waals surface area (Å²) >= 11 is 0. The van der Waals surface area contributed by atoms with Crippen molar-refractivity contribution in [3.05, 3.63) is 35.6 Å². The molecule has 0 aliphatic heterocycles. The zero-order valence-electron chi connectivity index (χ0n) is 9.48. The Hall–Kier alpha value is -1.31. The molecule has 0 heterocycles. The van der Waals surface area contributed by atoms with Gasteiger partial charge in [0.2, 0.25) is 5.91 Å². The highest BCUT2D eigenvalue weighted by atomic mass is 16.1. The smallest absolute Gasteiger partial charge is 0.221 e. The highest BCUT2D eigenvalue weighted by Crippen LogP contribution is 2.14. The topological polar surface area (TPSA) is 29.1 Å². The number of nitrogens with one attached hydrogen (secondary N) is 1. The summed E-state index contributed by atoms with van der Waals surface area (Å²) in [6, 6.07) is 0. The minimum atomic E-state index is 0.00866. The molecule has 0 aromatic heterocycles. The molecule has 0 saturated carbocycles. The summed E-state index contributed by atoms with van der Waals surface area (Å²) < 4.78 is 0. The van der Waals surface area contributed by atoms with Crippen LogP contribution in [0.25, 0.3) is 0 Å². The van der Waals surface area contributed by atoms with E-state index in [9.17, 15) is 4.79 Å². The molecule has 0 bridgehead atoms. The van der Waals surface area contributed by atoms with Crippen molar-refractivity contribution in [2.24, 2.45) is 0 Å². The normalized spacial score (nSPS) is 13.4. The predicted molar refractivity (Wildman–Crippen MR) is 60.8 cm³/mol. The minimum absolute atomic E-state index is 0.00866. The number of allylic oxidation sites excluding steroid dienone is 4. The first kappa shape index (κ1) is 12.7. The third kappa shape index (κ3) is 7.35. The summed E-state index contributed by atoms with van der Waals surface area (Å²) in [5.41, 5.74) is 3.47. The zero-order chi connectivity index (χ0) is 11.1. The second kappa shape index (κ2) is 6.19. The van der Waals surface area contributed by atoms with Gasteiger partial charge in [0.15, 0.2) is 0 Å². The Kier molecular flexibility index (Phi) is 5.61. The lowest BCUT2D eigenvalue weighted by molar-refractivity contribution is -0.118. The van der Waals surface area contributed by atoms with Crippen molar-refractivity contribution >= 4 is 5.91 Å². The number of hydrogen-bond donors (Lipinski definition) is 1. The van der Waals surface area contributed by atoms with Crippen LogP contribution in [-0.2, 0) is 4.79 Å². The van der Waals surface area contributed by atoms with E-state index in [0.717, 1.165) is 12.1 Å². The molecule has 14 heavy (non-hydrogen) atoms. The average molecular weight is 193 g/mol. The summed E-state index contributed by atoms with van der Waals surface area (Å²) in [4.78, 5) is 10.5. The highest BCUT2D eigenvalue weighted by molar-refractivity contribution is 5.75. The number of amides is 1. The minimum Gasteiger partial charge on any atom is -0.330 e. The molecule has 0 spiro atoms. The van der Waals surface area contributed by atoms with Gasteiger partial charge in [-0.2, -0.15) is 0 Å². The Balaban J connectivity index is 0.000000364. The molecular weight excluding hydrogens is 174 g/mol. The third-order valence-electron chi connectivity index (χ3n) is 1.37. The maximum absolute atomic E-state index is 10.5. The molecule has 2 heteroatoms. The van der Waals surface area contributed by atoms with Crippen LogP contribution in [0, 0.1) is 0 Å². The number of carbonyl (C=O) groups excluding carboxylic acids is 1. The summed E-state index contributed by atoms with van der Waals surface area (Å²) in [6.45, 7) is 11.1. The Morgan fingerprint density at radius 2 is 1.86 bits per heavy atom. The molecule has 1 amide bonds. The maximum Gasteiger partial charge on any atom is 0.221 e. The van der Waals surface area contributed by atoms with Gasteiger partial charge in [-0.15, -0.1) is 6.58 Å². The summed E-state index contributed by atoms with van der Waals surface area (Å²) in [6.07, 6.45) is 4.85. The van der Waals surface area contributed by atoms with E-state index in [1.54, 1.807) is 0 Å². The lowest BCUT2D eigenvalue weighted by Crippen LogP contribution is -2.17. The molecule has 1 N–H and O–H groups in total. The molecule has 1 rings (SSSR count). The van der Waals surface area contributed by atoms with E-state index in [-0.39, 0.29) is 5.91 Å². The van der Waals surface area contributed by atoms with Crippen molar-refractivity contribution in [2.75, 3.05) is 0 Å². The maximum atomic E-state index is 10.5. The van der Waals surface area contributed by atoms with Gasteiger partial charge in [0, 0.05) is 19.0 Å². The van der Waals surface area contributed by atoms with E-state index in [4.69, 9.17) is 0 Å². The van der Waals surface area contributed by atoms with Crippen molar-refractivity contribution in [2.45, 2.75) is 34.1 Å². The van der Waals surface area contributed by atoms with Gasteiger partial charge >= 0.3 is 0 Å². The molecule has 0 unspecified atom stereocenters. The molecular formula is C12H19NO. The van der Waals surface area contributed by atoms with Gasteiger partial charge in [0.05, 0.1) is 0 Å². The van der Waals surface area contributed by atoms with Gasteiger partial charge < -0.3 is 5.32 Å². The molecule has 0 fully saturated rings. The van der Waals surface area contributed by atoms with Crippen LogP contribution in [0.15, 0.2) is 35.6 Å². The zero-order valence-corrected chi connectivity index (χ0v) is 9.48. The highest BCUT2D eigenvalue weighted by Gasteiger charge is 2.04. The van der Waals surface area contributed by atoms with Crippen molar-refractivity contribution < 1.29 is 4.79 Å². The number of hydrogen-bond acceptors (Lipinski definition) is 1. The Labute approximate surface area is 86.4 Å². The SMILES string of the molecule is C=C(C)C.CC(=O)NC1=CC=C(C)C1. The van der Waals surface area contributed by atoms with Crippen LogP contribution in [0.3, 0.4) is 0 Å². The van der Waals surface area contributed by atoms with E-state index >= 15 is 0 Å². The summed E-state index contributed by atoms with van der Waals surface area (Å²) in [7, 11) is 0. The largest absolute Gasteiger partial charge is 0.330 e. The second-order valence-electron chi connectivity index (χ2n) is 3.77. The van der Waals surface area contributed by atoms with Crippen molar-refractivity contribution in [1.82, 2.24) is 5.32 Å². The molecule has 2 nitrogen and oxygen atoms in total. The Bertz CT molecular complexity index is 281. The first-order valence-electron chi connectivity index (χ1n) is 4.68. The summed E-state index contributed by atoms with van der Waals surface area (Å²) in [5.74, 6) is 0.00866. The molecule has 78 valence electrons. The van der Waals surface area contributed by atoms with Crippen LogP contribution in [-0.4, -0.2) is 5.91 Å². The average Bonchev–Trinajstić information content (AvgIpc) is 2.32. The van der Waals surface area contributed by atoms with Crippen LogP contribution in [0.5, 0.6) is 0 Å². The first-order chi connectivity index (χ1) is 6.41. The summed E-state index contributed by atoms with van der Waals surface area (Å²) in [5, 5.41) is 2.74. The van der Waals surface area contributed by atoms with Crippen molar-refractivity contribution in [3.8, 4) is 0 Å². The van der Waals surface area contributed by atoms with Crippen LogP contribution < -0.4 is 5.32 Å². The molecule has 1 aliphatic rings.